The standard InChI is InChI=1S/C11H10ClN3OS/c1-7-6-17-11(14-7)15-13-5-8-4-9(12)2-3-10(8)16/h2-6,16H,1H3,(H,14,15). The minimum Gasteiger partial charge on any atom is -0.507 e. The van der Waals surface area contributed by atoms with Gasteiger partial charge in [-0.15, -0.1) is 11.3 Å². The van der Waals surface area contributed by atoms with Crippen LogP contribution in [0.1, 0.15) is 11.3 Å². The Morgan fingerprint density at radius 1 is 1.53 bits per heavy atom. The van der Waals surface area contributed by atoms with Gasteiger partial charge in [0.15, 0.2) is 0 Å². The number of benzene rings is 1. The molecule has 0 atom stereocenters. The smallest absolute Gasteiger partial charge is 0.203 e. The van der Waals surface area contributed by atoms with E-state index < -0.39 is 0 Å². The zero-order chi connectivity index (χ0) is 12.3. The molecule has 6 heteroatoms. The molecule has 0 saturated heterocycles. The Bertz CT molecular complexity index is 553. The number of hydrogen-bond acceptors (Lipinski definition) is 5. The van der Waals surface area contributed by atoms with Crippen LogP contribution in [-0.4, -0.2) is 16.3 Å². The number of phenols is 1. The second-order valence-electron chi connectivity index (χ2n) is 3.37. The number of phenolic OH excluding ortho intramolecular Hbond substituents is 1. The van der Waals surface area contributed by atoms with Crippen molar-refractivity contribution in [2.24, 2.45) is 5.10 Å². The highest BCUT2D eigenvalue weighted by Gasteiger charge is 1.99. The predicted octanol–water partition coefficient (Wildman–Crippen LogP) is 3.26. The molecule has 2 rings (SSSR count). The van der Waals surface area contributed by atoms with E-state index in [-0.39, 0.29) is 5.75 Å². The highest BCUT2D eigenvalue weighted by molar-refractivity contribution is 7.13. The maximum Gasteiger partial charge on any atom is 0.203 e. The van der Waals surface area contributed by atoms with Gasteiger partial charge in [-0.2, -0.15) is 5.10 Å². The number of aromatic nitrogens is 1. The molecule has 0 radical (unpaired) electrons. The third kappa shape index (κ3) is 3.18. The van der Waals surface area contributed by atoms with Crippen molar-refractivity contribution < 1.29 is 5.11 Å². The van der Waals surface area contributed by atoms with Gasteiger partial charge in [-0.3, -0.25) is 5.43 Å². The number of rotatable bonds is 3. The second kappa shape index (κ2) is 5.16. The molecule has 0 amide bonds. The lowest BCUT2D eigenvalue weighted by molar-refractivity contribution is 0.474. The van der Waals surface area contributed by atoms with E-state index in [4.69, 9.17) is 11.6 Å². The average Bonchev–Trinajstić information content (AvgIpc) is 2.69. The summed E-state index contributed by atoms with van der Waals surface area (Å²) in [6.45, 7) is 1.91. The van der Waals surface area contributed by atoms with Crippen molar-refractivity contribution in [3.05, 3.63) is 39.9 Å². The molecule has 0 aliphatic heterocycles. The Balaban J connectivity index is 2.07. The van der Waals surface area contributed by atoms with E-state index >= 15 is 0 Å². The molecule has 1 aromatic carbocycles. The van der Waals surface area contributed by atoms with Crippen LogP contribution in [0.4, 0.5) is 5.13 Å². The summed E-state index contributed by atoms with van der Waals surface area (Å²) in [6, 6.07) is 4.78. The van der Waals surface area contributed by atoms with Crippen molar-refractivity contribution in [3.8, 4) is 5.75 Å². The Labute approximate surface area is 108 Å². The summed E-state index contributed by atoms with van der Waals surface area (Å²) in [4.78, 5) is 4.19. The molecule has 4 nitrogen and oxygen atoms in total. The molecule has 1 heterocycles. The van der Waals surface area contributed by atoms with Crippen molar-refractivity contribution in [3.63, 3.8) is 0 Å². The first-order chi connectivity index (χ1) is 8.15. The first kappa shape index (κ1) is 11.9. The molecule has 0 saturated carbocycles. The number of aryl methyl sites for hydroxylation is 1. The molecule has 1 aromatic heterocycles. The van der Waals surface area contributed by atoms with E-state index in [9.17, 15) is 5.11 Å². The summed E-state index contributed by atoms with van der Waals surface area (Å²) in [7, 11) is 0. The van der Waals surface area contributed by atoms with Crippen LogP contribution >= 0.6 is 22.9 Å². The van der Waals surface area contributed by atoms with E-state index in [0.29, 0.717) is 15.7 Å². The number of nitrogens with one attached hydrogen (secondary N) is 1. The molecule has 0 fully saturated rings. The third-order valence-electron chi connectivity index (χ3n) is 1.97. The molecule has 17 heavy (non-hydrogen) atoms. The zero-order valence-corrected chi connectivity index (χ0v) is 10.6. The summed E-state index contributed by atoms with van der Waals surface area (Å²) in [6.07, 6.45) is 1.50. The van der Waals surface area contributed by atoms with Crippen molar-refractivity contribution in [1.29, 1.82) is 0 Å². The topological polar surface area (TPSA) is 57.5 Å². The Kier molecular flexibility index (Phi) is 3.61. The van der Waals surface area contributed by atoms with Crippen LogP contribution in [0.3, 0.4) is 0 Å². The summed E-state index contributed by atoms with van der Waals surface area (Å²) >= 11 is 7.28. The Morgan fingerprint density at radius 2 is 2.35 bits per heavy atom. The lowest BCUT2D eigenvalue weighted by atomic mass is 10.2. The van der Waals surface area contributed by atoms with Crippen molar-refractivity contribution in [2.75, 3.05) is 5.43 Å². The monoisotopic (exact) mass is 267 g/mol. The van der Waals surface area contributed by atoms with Crippen molar-refractivity contribution >= 4 is 34.3 Å². The first-order valence-electron chi connectivity index (χ1n) is 4.85. The van der Waals surface area contributed by atoms with E-state index in [0.717, 1.165) is 5.69 Å². The van der Waals surface area contributed by atoms with Gasteiger partial charge in [0, 0.05) is 16.0 Å². The molecular weight excluding hydrogens is 258 g/mol. The van der Waals surface area contributed by atoms with Gasteiger partial charge in [-0.25, -0.2) is 4.98 Å². The maximum atomic E-state index is 9.55. The summed E-state index contributed by atoms with van der Waals surface area (Å²) in [5.74, 6) is 0.135. The molecular formula is C11H10ClN3OS. The summed E-state index contributed by atoms with van der Waals surface area (Å²) in [5, 5.41) is 16.7. The number of halogens is 1. The summed E-state index contributed by atoms with van der Waals surface area (Å²) < 4.78 is 0. The van der Waals surface area contributed by atoms with Crippen LogP contribution in [0.2, 0.25) is 5.02 Å². The van der Waals surface area contributed by atoms with Crippen LogP contribution < -0.4 is 5.43 Å². The van der Waals surface area contributed by atoms with Gasteiger partial charge in [-0.1, -0.05) is 11.6 Å². The van der Waals surface area contributed by atoms with Gasteiger partial charge >= 0.3 is 0 Å². The highest BCUT2D eigenvalue weighted by atomic mass is 35.5. The van der Waals surface area contributed by atoms with Gasteiger partial charge in [-0.05, 0) is 25.1 Å². The lowest BCUT2D eigenvalue weighted by Gasteiger charge is -1.98. The summed E-state index contributed by atoms with van der Waals surface area (Å²) in [5.41, 5.74) is 4.28. The molecule has 0 unspecified atom stereocenters. The normalized spacial score (nSPS) is 10.9. The number of nitrogens with zero attached hydrogens (tertiary/aromatic N) is 2. The number of aromatic hydroxyl groups is 1. The molecule has 88 valence electrons. The number of thiazole rings is 1. The predicted molar refractivity (Wildman–Crippen MR) is 71.2 cm³/mol. The fraction of sp³-hybridized carbons (Fsp3) is 0.0909. The Hall–Kier alpha value is -1.59. The van der Waals surface area contributed by atoms with Crippen LogP contribution in [0.5, 0.6) is 5.75 Å². The van der Waals surface area contributed by atoms with Crippen LogP contribution in [0.15, 0.2) is 28.7 Å². The lowest BCUT2D eigenvalue weighted by Crippen LogP contribution is -1.90. The molecule has 0 spiro atoms. The van der Waals surface area contributed by atoms with E-state index in [1.165, 1.54) is 23.6 Å². The number of hydrogen-bond donors (Lipinski definition) is 2. The molecule has 0 aliphatic rings. The molecule has 0 aliphatic carbocycles. The largest absolute Gasteiger partial charge is 0.507 e. The van der Waals surface area contributed by atoms with Crippen molar-refractivity contribution in [1.82, 2.24) is 4.98 Å². The highest BCUT2D eigenvalue weighted by Crippen LogP contribution is 2.20. The van der Waals surface area contributed by atoms with Crippen LogP contribution in [0.25, 0.3) is 0 Å². The molecule has 0 bridgehead atoms. The second-order valence-corrected chi connectivity index (χ2v) is 4.66. The Morgan fingerprint density at radius 3 is 3.06 bits per heavy atom. The van der Waals surface area contributed by atoms with Gasteiger partial charge in [0.05, 0.1) is 11.9 Å². The van der Waals surface area contributed by atoms with Crippen LogP contribution in [0, 0.1) is 6.92 Å². The SMILES string of the molecule is Cc1csc(NN=Cc2cc(Cl)ccc2O)n1. The van der Waals surface area contributed by atoms with Gasteiger partial charge < -0.3 is 5.11 Å². The first-order valence-corrected chi connectivity index (χ1v) is 6.10. The van der Waals surface area contributed by atoms with Crippen molar-refractivity contribution in [2.45, 2.75) is 6.92 Å². The fourth-order valence-corrected chi connectivity index (χ4v) is 2.01. The van der Waals surface area contributed by atoms with E-state index in [2.05, 4.69) is 15.5 Å². The zero-order valence-electron chi connectivity index (χ0n) is 9.01. The number of anilines is 1. The molecule has 2 aromatic rings. The maximum absolute atomic E-state index is 9.55. The third-order valence-corrected chi connectivity index (χ3v) is 3.07. The number of hydrazone groups is 1. The van der Waals surface area contributed by atoms with Gasteiger partial charge in [0.25, 0.3) is 0 Å². The molecule has 2 N–H and O–H groups in total. The average molecular weight is 268 g/mol. The van der Waals surface area contributed by atoms with E-state index in [1.54, 1.807) is 12.1 Å². The fourth-order valence-electron chi connectivity index (χ4n) is 1.19. The minimum absolute atomic E-state index is 0.135. The van der Waals surface area contributed by atoms with Gasteiger partial charge in [0.2, 0.25) is 5.13 Å². The van der Waals surface area contributed by atoms with E-state index in [1.807, 2.05) is 12.3 Å². The minimum atomic E-state index is 0.135. The van der Waals surface area contributed by atoms with Crippen LogP contribution in [-0.2, 0) is 0 Å². The van der Waals surface area contributed by atoms with Gasteiger partial charge in [0.1, 0.15) is 5.75 Å². The quantitative estimate of drug-likeness (QED) is 0.663.